The van der Waals surface area contributed by atoms with E-state index in [-0.39, 0.29) is 24.2 Å². The van der Waals surface area contributed by atoms with Gasteiger partial charge in [0.25, 0.3) is 0 Å². The van der Waals surface area contributed by atoms with E-state index in [9.17, 15) is 14.8 Å². The number of aromatic nitrogens is 1. The summed E-state index contributed by atoms with van der Waals surface area (Å²) in [6, 6.07) is 18.6. The number of nitrogens with two attached hydrogens (primary N) is 1. The standard InChI is InChI=1S/C33H42N4O4/c1-7-8-14-29(38)37(30(22(2)3)32(39)41-33(4,5)6)21-23-15-18-28(35-20-23)27-19-25(24-12-10-9-11-13-24)16-17-26(27)31(34)36-40/h9-13,15-20,22,30,40H,7-8,14,21H2,1-6H3,(H2,34,36). The fourth-order valence-corrected chi connectivity index (χ4v) is 4.65. The first-order valence-corrected chi connectivity index (χ1v) is 14.1. The molecular weight excluding hydrogens is 516 g/mol. The van der Waals surface area contributed by atoms with Crippen LogP contribution >= 0.6 is 0 Å². The molecule has 3 aromatic rings. The lowest BCUT2D eigenvalue weighted by Crippen LogP contribution is -2.49. The summed E-state index contributed by atoms with van der Waals surface area (Å²) < 4.78 is 5.71. The third kappa shape index (κ3) is 8.39. The van der Waals surface area contributed by atoms with E-state index in [2.05, 4.69) is 5.16 Å². The van der Waals surface area contributed by atoms with E-state index in [1.54, 1.807) is 11.1 Å². The molecule has 1 heterocycles. The summed E-state index contributed by atoms with van der Waals surface area (Å²) in [6.07, 6.45) is 3.66. The van der Waals surface area contributed by atoms with E-state index in [0.717, 1.165) is 29.5 Å². The normalized spacial score (nSPS) is 12.7. The van der Waals surface area contributed by atoms with Crippen molar-refractivity contribution < 1.29 is 19.5 Å². The Labute approximate surface area is 243 Å². The third-order valence-corrected chi connectivity index (χ3v) is 6.64. The SMILES string of the molecule is CCCCC(=O)N(Cc1ccc(-c2cc(-c3ccccc3)ccc2C(N)=NO)nc1)C(C(=O)OC(C)(C)C)C(C)C. The number of ether oxygens (including phenoxy) is 1. The number of hydrogen-bond acceptors (Lipinski definition) is 6. The van der Waals surface area contributed by atoms with E-state index in [0.29, 0.717) is 23.2 Å². The van der Waals surface area contributed by atoms with Gasteiger partial charge in [0.1, 0.15) is 11.6 Å². The summed E-state index contributed by atoms with van der Waals surface area (Å²) >= 11 is 0. The van der Waals surface area contributed by atoms with Crippen LogP contribution in [-0.2, 0) is 20.9 Å². The Kier molecular flexibility index (Phi) is 10.6. The fraction of sp³-hybridized carbons (Fsp3) is 0.394. The van der Waals surface area contributed by atoms with Gasteiger partial charge in [0.05, 0.1) is 5.69 Å². The van der Waals surface area contributed by atoms with Crippen LogP contribution < -0.4 is 5.73 Å². The molecule has 0 saturated carbocycles. The minimum atomic E-state index is -0.729. The number of hydrogen-bond donors (Lipinski definition) is 2. The van der Waals surface area contributed by atoms with Gasteiger partial charge >= 0.3 is 5.97 Å². The Morgan fingerprint density at radius 1 is 1.05 bits per heavy atom. The molecule has 0 radical (unpaired) electrons. The van der Waals surface area contributed by atoms with Crippen molar-refractivity contribution in [3.05, 3.63) is 78.0 Å². The highest BCUT2D eigenvalue weighted by Crippen LogP contribution is 2.29. The molecule has 1 atom stereocenters. The predicted molar refractivity (Wildman–Crippen MR) is 162 cm³/mol. The molecule has 3 N–H and O–H groups in total. The van der Waals surface area contributed by atoms with Crippen molar-refractivity contribution in [1.82, 2.24) is 9.88 Å². The quantitative estimate of drug-likeness (QED) is 0.0925. The van der Waals surface area contributed by atoms with Gasteiger partial charge in [0, 0.05) is 30.3 Å². The molecular formula is C33H42N4O4. The lowest BCUT2D eigenvalue weighted by molar-refractivity contribution is -0.167. The number of esters is 1. The zero-order valence-corrected chi connectivity index (χ0v) is 24.9. The first-order chi connectivity index (χ1) is 19.4. The van der Waals surface area contributed by atoms with Crippen LogP contribution in [0.3, 0.4) is 0 Å². The Balaban J connectivity index is 1.98. The van der Waals surface area contributed by atoms with E-state index < -0.39 is 17.6 Å². The van der Waals surface area contributed by atoms with E-state index in [4.69, 9.17) is 15.5 Å². The highest BCUT2D eigenvalue weighted by atomic mass is 16.6. The fourth-order valence-electron chi connectivity index (χ4n) is 4.65. The van der Waals surface area contributed by atoms with Gasteiger partial charge in [-0.1, -0.05) is 74.8 Å². The van der Waals surface area contributed by atoms with Gasteiger partial charge in [-0.25, -0.2) is 4.79 Å². The number of rotatable bonds is 11. The van der Waals surface area contributed by atoms with Crippen molar-refractivity contribution >= 4 is 17.7 Å². The summed E-state index contributed by atoms with van der Waals surface area (Å²) in [5, 5.41) is 12.6. The van der Waals surface area contributed by atoms with Crippen molar-refractivity contribution in [2.75, 3.05) is 0 Å². The Morgan fingerprint density at radius 2 is 1.76 bits per heavy atom. The summed E-state index contributed by atoms with van der Waals surface area (Å²) in [6.45, 7) is 11.6. The first-order valence-electron chi connectivity index (χ1n) is 14.1. The molecule has 3 rings (SSSR count). The highest BCUT2D eigenvalue weighted by Gasteiger charge is 2.35. The second-order valence-electron chi connectivity index (χ2n) is 11.5. The number of nitrogens with zero attached hydrogens (tertiary/aromatic N) is 3. The summed E-state index contributed by atoms with van der Waals surface area (Å²) in [4.78, 5) is 33.0. The number of carbonyl (C=O) groups excluding carboxylic acids is 2. The second kappa shape index (κ2) is 13.9. The summed E-state index contributed by atoms with van der Waals surface area (Å²) in [5.74, 6) is -0.671. The number of amides is 1. The third-order valence-electron chi connectivity index (χ3n) is 6.64. The van der Waals surface area contributed by atoms with E-state index >= 15 is 0 Å². The molecule has 0 bridgehead atoms. The van der Waals surface area contributed by atoms with Gasteiger partial charge in [-0.05, 0) is 68.0 Å². The van der Waals surface area contributed by atoms with Crippen molar-refractivity contribution in [3.63, 3.8) is 0 Å². The van der Waals surface area contributed by atoms with Gasteiger partial charge in [0.15, 0.2) is 5.84 Å². The highest BCUT2D eigenvalue weighted by molar-refractivity contribution is 6.03. The van der Waals surface area contributed by atoms with Crippen molar-refractivity contribution in [2.45, 2.75) is 79.0 Å². The van der Waals surface area contributed by atoms with Gasteiger partial charge in [-0.2, -0.15) is 0 Å². The van der Waals surface area contributed by atoms with Crippen LogP contribution in [0.5, 0.6) is 0 Å². The lowest BCUT2D eigenvalue weighted by atomic mass is 9.96. The first kappa shape index (κ1) is 31.3. The summed E-state index contributed by atoms with van der Waals surface area (Å²) in [7, 11) is 0. The molecule has 2 aromatic carbocycles. The maximum absolute atomic E-state index is 13.4. The minimum absolute atomic E-state index is 0.0182. The Hall–Kier alpha value is -4.20. The molecule has 0 spiro atoms. The molecule has 8 heteroatoms. The van der Waals surface area contributed by atoms with Gasteiger partial charge in [-0.3, -0.25) is 9.78 Å². The zero-order chi connectivity index (χ0) is 30.2. The van der Waals surface area contributed by atoms with Gasteiger partial charge < -0.3 is 20.6 Å². The number of carbonyl (C=O) groups is 2. The van der Waals surface area contributed by atoms with Crippen LogP contribution in [0.2, 0.25) is 0 Å². The van der Waals surface area contributed by atoms with Crippen LogP contribution in [-0.4, -0.2) is 44.4 Å². The maximum Gasteiger partial charge on any atom is 0.329 e. The topological polar surface area (TPSA) is 118 Å². The monoisotopic (exact) mass is 558 g/mol. The lowest BCUT2D eigenvalue weighted by Gasteiger charge is -2.35. The average Bonchev–Trinajstić information content (AvgIpc) is 2.94. The summed E-state index contributed by atoms with van der Waals surface area (Å²) in [5.41, 5.74) is 9.99. The van der Waals surface area contributed by atoms with Crippen molar-refractivity contribution in [1.29, 1.82) is 0 Å². The smallest absolute Gasteiger partial charge is 0.329 e. The predicted octanol–water partition coefficient (Wildman–Crippen LogP) is 6.40. The maximum atomic E-state index is 13.4. The number of benzene rings is 2. The minimum Gasteiger partial charge on any atom is -0.458 e. The van der Waals surface area contributed by atoms with Crippen LogP contribution in [0.4, 0.5) is 0 Å². The molecule has 41 heavy (non-hydrogen) atoms. The molecule has 0 aliphatic carbocycles. The molecule has 0 saturated heterocycles. The molecule has 1 unspecified atom stereocenters. The zero-order valence-electron chi connectivity index (χ0n) is 24.9. The second-order valence-corrected chi connectivity index (χ2v) is 11.5. The van der Waals surface area contributed by atoms with Gasteiger partial charge in [-0.15, -0.1) is 0 Å². The number of amidine groups is 1. The average molecular weight is 559 g/mol. The van der Waals surface area contributed by atoms with Crippen LogP contribution in [0.25, 0.3) is 22.4 Å². The van der Waals surface area contributed by atoms with Crippen LogP contribution in [0, 0.1) is 5.92 Å². The molecule has 1 aromatic heterocycles. The Morgan fingerprint density at radius 3 is 2.32 bits per heavy atom. The largest absolute Gasteiger partial charge is 0.458 e. The number of unbranched alkanes of at least 4 members (excludes halogenated alkanes) is 1. The molecule has 1 amide bonds. The molecule has 218 valence electrons. The van der Waals surface area contributed by atoms with Crippen molar-refractivity contribution in [2.24, 2.45) is 16.8 Å². The molecule has 8 nitrogen and oxygen atoms in total. The Bertz CT molecular complexity index is 1350. The van der Waals surface area contributed by atoms with E-state index in [1.807, 2.05) is 102 Å². The molecule has 0 fully saturated rings. The van der Waals surface area contributed by atoms with Crippen LogP contribution in [0.1, 0.15) is 71.9 Å². The molecule has 0 aliphatic heterocycles. The number of oxime groups is 1. The van der Waals surface area contributed by atoms with Crippen molar-refractivity contribution in [3.8, 4) is 22.4 Å². The van der Waals surface area contributed by atoms with E-state index in [1.165, 1.54) is 0 Å². The number of pyridine rings is 1. The van der Waals surface area contributed by atoms with Crippen LogP contribution in [0.15, 0.2) is 72.0 Å². The molecule has 0 aliphatic rings. The van der Waals surface area contributed by atoms with Gasteiger partial charge in [0.2, 0.25) is 5.91 Å².